The number of thioether (sulfide) groups is 1. The lowest BCUT2D eigenvalue weighted by Gasteiger charge is -2.30. The SMILES string of the molecule is CCC(=O)c1ccc2c(c1)SCC(=O)N2CC(O)CO. The van der Waals surface area contributed by atoms with Crippen molar-refractivity contribution in [1.82, 2.24) is 0 Å². The van der Waals surface area contributed by atoms with Gasteiger partial charge in [0.05, 0.1) is 30.7 Å². The molecule has 0 fully saturated rings. The van der Waals surface area contributed by atoms with Gasteiger partial charge in [-0.1, -0.05) is 6.92 Å². The monoisotopic (exact) mass is 295 g/mol. The van der Waals surface area contributed by atoms with E-state index >= 15 is 0 Å². The molecule has 0 aliphatic carbocycles. The summed E-state index contributed by atoms with van der Waals surface area (Å²) in [5.74, 6) is 0.228. The van der Waals surface area contributed by atoms with Crippen molar-refractivity contribution in [2.24, 2.45) is 0 Å². The van der Waals surface area contributed by atoms with Crippen molar-refractivity contribution >= 4 is 29.1 Å². The molecule has 1 aromatic rings. The van der Waals surface area contributed by atoms with E-state index in [-0.39, 0.29) is 24.0 Å². The van der Waals surface area contributed by atoms with E-state index in [1.54, 1.807) is 18.2 Å². The van der Waals surface area contributed by atoms with Crippen molar-refractivity contribution in [2.45, 2.75) is 24.3 Å². The number of ketones is 1. The first kappa shape index (κ1) is 15.0. The number of aliphatic hydroxyl groups is 2. The van der Waals surface area contributed by atoms with Gasteiger partial charge in [-0.2, -0.15) is 0 Å². The number of amides is 1. The highest BCUT2D eigenvalue weighted by molar-refractivity contribution is 8.00. The second-order valence-electron chi connectivity index (χ2n) is 4.59. The minimum atomic E-state index is -0.966. The Labute approximate surface area is 121 Å². The summed E-state index contributed by atoms with van der Waals surface area (Å²) in [5.41, 5.74) is 1.32. The van der Waals surface area contributed by atoms with Crippen LogP contribution in [0.1, 0.15) is 23.7 Å². The molecule has 1 aliphatic heterocycles. The summed E-state index contributed by atoms with van der Waals surface area (Å²) < 4.78 is 0. The number of carbonyl (C=O) groups excluding carboxylic acids is 2. The fraction of sp³-hybridized carbons (Fsp3) is 0.429. The second-order valence-corrected chi connectivity index (χ2v) is 5.61. The van der Waals surface area contributed by atoms with E-state index in [0.29, 0.717) is 17.7 Å². The van der Waals surface area contributed by atoms with E-state index in [0.717, 1.165) is 4.90 Å². The fourth-order valence-electron chi connectivity index (χ4n) is 2.05. The van der Waals surface area contributed by atoms with E-state index in [1.165, 1.54) is 16.7 Å². The van der Waals surface area contributed by atoms with Gasteiger partial charge >= 0.3 is 0 Å². The Kier molecular flexibility index (Phi) is 4.80. The van der Waals surface area contributed by atoms with Crippen LogP contribution in [-0.4, -0.2) is 46.9 Å². The zero-order valence-corrected chi connectivity index (χ0v) is 12.0. The standard InChI is InChI=1S/C14H17NO4S/c1-2-12(18)9-3-4-11-13(5-9)20-8-14(19)15(11)6-10(17)7-16/h3-5,10,16-17H,2,6-8H2,1H3. The third kappa shape index (κ3) is 3.03. The maximum Gasteiger partial charge on any atom is 0.237 e. The molecule has 108 valence electrons. The lowest BCUT2D eigenvalue weighted by atomic mass is 10.1. The van der Waals surface area contributed by atoms with Gasteiger partial charge < -0.3 is 15.1 Å². The van der Waals surface area contributed by atoms with Crippen molar-refractivity contribution in [2.75, 3.05) is 23.8 Å². The van der Waals surface area contributed by atoms with E-state index in [1.807, 2.05) is 6.92 Å². The largest absolute Gasteiger partial charge is 0.394 e. The van der Waals surface area contributed by atoms with Crippen LogP contribution in [0.4, 0.5) is 5.69 Å². The lowest BCUT2D eigenvalue weighted by Crippen LogP contribution is -2.41. The molecule has 0 saturated heterocycles. The first-order chi connectivity index (χ1) is 9.56. The number of benzene rings is 1. The van der Waals surface area contributed by atoms with Crippen LogP contribution < -0.4 is 4.90 Å². The van der Waals surface area contributed by atoms with Gasteiger partial charge in [-0.15, -0.1) is 11.8 Å². The molecule has 0 radical (unpaired) electrons. The van der Waals surface area contributed by atoms with Gasteiger partial charge in [0.25, 0.3) is 0 Å². The fourth-order valence-corrected chi connectivity index (χ4v) is 3.02. The van der Waals surface area contributed by atoms with E-state index in [2.05, 4.69) is 0 Å². The van der Waals surface area contributed by atoms with Crippen molar-refractivity contribution < 1.29 is 19.8 Å². The molecule has 6 heteroatoms. The summed E-state index contributed by atoms with van der Waals surface area (Å²) in [5, 5.41) is 18.4. The van der Waals surface area contributed by atoms with Crippen molar-refractivity contribution in [3.05, 3.63) is 23.8 Å². The molecule has 1 amide bonds. The smallest absolute Gasteiger partial charge is 0.237 e. The van der Waals surface area contributed by atoms with Crippen molar-refractivity contribution in [3.8, 4) is 0 Å². The number of hydrogen-bond donors (Lipinski definition) is 2. The van der Waals surface area contributed by atoms with Gasteiger partial charge in [0.1, 0.15) is 0 Å². The second kappa shape index (κ2) is 6.39. The summed E-state index contributed by atoms with van der Waals surface area (Å²) in [7, 11) is 0. The number of nitrogens with zero attached hydrogens (tertiary/aromatic N) is 1. The number of fused-ring (bicyclic) bond motifs is 1. The van der Waals surface area contributed by atoms with Gasteiger partial charge in [0.2, 0.25) is 5.91 Å². The molecule has 20 heavy (non-hydrogen) atoms. The number of β-amino-alcohol motifs (C(OH)–C–C–N with tert-alkyl or cyclic N) is 1. The molecule has 0 aromatic heterocycles. The molecule has 5 nitrogen and oxygen atoms in total. The van der Waals surface area contributed by atoms with Gasteiger partial charge in [0.15, 0.2) is 5.78 Å². The summed E-state index contributed by atoms with van der Waals surface area (Å²) >= 11 is 1.39. The van der Waals surface area contributed by atoms with Gasteiger partial charge in [0, 0.05) is 16.9 Å². The van der Waals surface area contributed by atoms with Crippen LogP contribution in [0.5, 0.6) is 0 Å². The Bertz CT molecular complexity index is 532. The highest BCUT2D eigenvalue weighted by Crippen LogP contribution is 2.36. The predicted octanol–water partition coefficient (Wildman–Crippen LogP) is 1.07. The van der Waals surface area contributed by atoms with E-state index in [9.17, 15) is 14.7 Å². The Balaban J connectivity index is 2.32. The van der Waals surface area contributed by atoms with E-state index < -0.39 is 12.7 Å². The first-order valence-electron chi connectivity index (χ1n) is 6.46. The van der Waals surface area contributed by atoms with Crippen LogP contribution in [0.3, 0.4) is 0 Å². The van der Waals surface area contributed by atoms with E-state index in [4.69, 9.17) is 5.11 Å². The Morgan fingerprint density at radius 1 is 1.50 bits per heavy atom. The van der Waals surface area contributed by atoms with Crippen molar-refractivity contribution in [3.63, 3.8) is 0 Å². The Morgan fingerprint density at radius 3 is 2.90 bits per heavy atom. The molecule has 1 atom stereocenters. The summed E-state index contributed by atoms with van der Waals surface area (Å²) in [4.78, 5) is 26.0. The Morgan fingerprint density at radius 2 is 2.25 bits per heavy atom. The molecule has 0 bridgehead atoms. The topological polar surface area (TPSA) is 77.8 Å². The van der Waals surface area contributed by atoms with Gasteiger partial charge in [-0.3, -0.25) is 9.59 Å². The molecule has 2 rings (SSSR count). The third-order valence-electron chi connectivity index (χ3n) is 3.15. The van der Waals surface area contributed by atoms with Crippen LogP contribution in [0.25, 0.3) is 0 Å². The molecule has 0 spiro atoms. The quantitative estimate of drug-likeness (QED) is 0.795. The first-order valence-corrected chi connectivity index (χ1v) is 7.44. The molecule has 0 saturated carbocycles. The average Bonchev–Trinajstić information content (AvgIpc) is 2.48. The summed E-state index contributed by atoms with van der Waals surface area (Å²) in [6.45, 7) is 1.48. The summed E-state index contributed by atoms with van der Waals surface area (Å²) in [6, 6.07) is 5.21. The summed E-state index contributed by atoms with van der Waals surface area (Å²) in [6.07, 6.45) is -0.526. The highest BCUT2D eigenvalue weighted by Gasteiger charge is 2.27. The zero-order chi connectivity index (χ0) is 14.7. The molecule has 1 heterocycles. The number of aliphatic hydroxyl groups excluding tert-OH is 2. The maximum absolute atomic E-state index is 11.9. The van der Waals surface area contributed by atoms with Crippen LogP contribution in [0.2, 0.25) is 0 Å². The molecular weight excluding hydrogens is 278 g/mol. The van der Waals surface area contributed by atoms with Crippen LogP contribution >= 0.6 is 11.8 Å². The number of hydrogen-bond acceptors (Lipinski definition) is 5. The van der Waals surface area contributed by atoms with Crippen LogP contribution in [0, 0.1) is 0 Å². The highest BCUT2D eigenvalue weighted by atomic mass is 32.2. The number of rotatable bonds is 5. The maximum atomic E-state index is 11.9. The number of carbonyl (C=O) groups is 2. The van der Waals surface area contributed by atoms with Crippen molar-refractivity contribution in [1.29, 1.82) is 0 Å². The lowest BCUT2D eigenvalue weighted by molar-refractivity contribution is -0.116. The molecule has 1 unspecified atom stereocenters. The third-order valence-corrected chi connectivity index (χ3v) is 4.18. The normalized spacial score (nSPS) is 15.9. The van der Waals surface area contributed by atoms with Gasteiger partial charge in [-0.25, -0.2) is 0 Å². The minimum absolute atomic E-state index is 0.0595. The molecular formula is C14H17NO4S. The van der Waals surface area contributed by atoms with Crippen LogP contribution in [0.15, 0.2) is 23.1 Å². The van der Waals surface area contributed by atoms with Crippen LogP contribution in [-0.2, 0) is 4.79 Å². The number of Topliss-reactive ketones (excluding diaryl/α,β-unsaturated/α-hetero) is 1. The van der Waals surface area contributed by atoms with Gasteiger partial charge in [-0.05, 0) is 18.2 Å². The molecule has 2 N–H and O–H groups in total. The molecule has 1 aliphatic rings. The Hall–Kier alpha value is -1.37. The molecule has 1 aromatic carbocycles. The zero-order valence-electron chi connectivity index (χ0n) is 11.2. The predicted molar refractivity (Wildman–Crippen MR) is 77.2 cm³/mol. The average molecular weight is 295 g/mol. The number of anilines is 1. The minimum Gasteiger partial charge on any atom is -0.394 e.